The first-order valence-corrected chi connectivity index (χ1v) is 44.3. The lowest BCUT2D eigenvalue weighted by Gasteiger charge is -2.22. The van der Waals surface area contributed by atoms with Crippen molar-refractivity contribution in [3.63, 3.8) is 0 Å². The highest BCUT2D eigenvalue weighted by atomic mass is 32.1. The molecule has 27 aromatic rings. The summed E-state index contributed by atoms with van der Waals surface area (Å²) in [6.45, 7) is 4.67. The molecule has 128 heavy (non-hydrogen) atoms. The standard InChI is InChI=1S/C42H26N4.C39H27N3.C36H21N3S/c1-2-12-30(13-3-1)45-38-16-8-6-14-32(38)34-19-18-29(24-41(34)45)31-20-21-40(37-26-44-43-25-36(31)37)46-39-17-9-7-15-33(39)35-22-27-10-4-5-11-28(27)23-42(35)46;1-39(2)34-13-7-5-11-28(34)29-16-15-26(20-35(29)39)27-17-18-37(33-23-41-40-22-32(27)33)42-36-14-8-6-12-30(36)31-19-24-9-3-4-10-25(24)21-38(31)42;1-2-8-23-18-34-29(17-22(23)7-1)26-9-3-5-11-32(26)39(34)33-16-15-25(30-20-37-38-21-31(30)33)24-13-14-28-27-10-4-6-12-35(27)40-36(28)19-24/h1-26H;3-23H,1-2H3;1-21H. The third-order valence-electron chi connectivity index (χ3n) is 27.0. The van der Waals surface area contributed by atoms with Crippen molar-refractivity contribution in [2.45, 2.75) is 19.3 Å². The van der Waals surface area contributed by atoms with Gasteiger partial charge in [-0.15, -0.1) is 11.3 Å². The van der Waals surface area contributed by atoms with Crippen molar-refractivity contribution in [2.75, 3.05) is 0 Å². The fourth-order valence-corrected chi connectivity index (χ4v) is 22.2. The summed E-state index contributed by atoms with van der Waals surface area (Å²) in [6.07, 6.45) is 11.5. The first-order chi connectivity index (χ1) is 63.3. The van der Waals surface area contributed by atoms with Crippen LogP contribution in [0.4, 0.5) is 0 Å². The van der Waals surface area contributed by atoms with Crippen molar-refractivity contribution in [3.8, 4) is 67.3 Å². The van der Waals surface area contributed by atoms with Crippen LogP contribution in [0.2, 0.25) is 0 Å². The molecule has 8 aromatic heterocycles. The Hall–Kier alpha value is -16.6. The van der Waals surface area contributed by atoms with Crippen LogP contribution in [0.15, 0.2) is 413 Å². The number of benzene rings is 19. The number of hydrogen-bond acceptors (Lipinski definition) is 7. The van der Waals surface area contributed by atoms with E-state index >= 15 is 0 Å². The average Bonchev–Trinajstić information content (AvgIpc) is 1.52. The molecule has 0 spiro atoms. The molecule has 0 bridgehead atoms. The summed E-state index contributed by atoms with van der Waals surface area (Å²) in [4.78, 5) is 0. The van der Waals surface area contributed by atoms with E-state index in [1.54, 1.807) is 0 Å². The van der Waals surface area contributed by atoms with Crippen molar-refractivity contribution in [3.05, 3.63) is 424 Å². The van der Waals surface area contributed by atoms with Crippen LogP contribution in [0.5, 0.6) is 0 Å². The van der Waals surface area contributed by atoms with Gasteiger partial charge in [-0.1, -0.05) is 275 Å². The molecule has 0 unspecified atom stereocenters. The largest absolute Gasteiger partial charge is 0.309 e. The SMILES string of the molecule is CC1(C)c2ccccc2-c2ccc(-c3ccc(-n4c5ccccc5c5cc6ccccc6cc54)c4cnncc34)cc21.c1ccc(-n2c3ccccc3c3ccc(-c4ccc(-n5c6ccccc6c6cc7ccccc7cc65)c5cnncc45)cc32)cc1.c1ccc2cc3c(cc2c1)c1ccccc1n3-c1ccc(-c2ccc3c(c2)sc2ccccc23)c2cnncc12. The lowest BCUT2D eigenvalue weighted by Crippen LogP contribution is -2.14. The van der Waals surface area contributed by atoms with Gasteiger partial charge in [0, 0.05) is 107 Å². The van der Waals surface area contributed by atoms with E-state index in [9.17, 15) is 0 Å². The van der Waals surface area contributed by atoms with E-state index in [-0.39, 0.29) is 5.41 Å². The maximum atomic E-state index is 4.39. The van der Waals surface area contributed by atoms with E-state index in [0.29, 0.717) is 0 Å². The molecule has 598 valence electrons. The Morgan fingerprint density at radius 1 is 0.195 bits per heavy atom. The highest BCUT2D eigenvalue weighted by Crippen LogP contribution is 2.52. The van der Waals surface area contributed by atoms with Gasteiger partial charge in [-0.25, -0.2) is 0 Å². The van der Waals surface area contributed by atoms with Gasteiger partial charge in [-0.3, -0.25) is 0 Å². The van der Waals surface area contributed by atoms with Gasteiger partial charge in [-0.2, -0.15) is 30.6 Å². The van der Waals surface area contributed by atoms with Crippen LogP contribution >= 0.6 is 11.3 Å². The zero-order valence-electron chi connectivity index (χ0n) is 69.6. The van der Waals surface area contributed by atoms with Crippen LogP contribution in [0.3, 0.4) is 0 Å². The molecule has 8 heterocycles. The molecule has 1 aliphatic carbocycles. The zero-order valence-corrected chi connectivity index (χ0v) is 70.5. The van der Waals surface area contributed by atoms with E-state index in [1.165, 1.54) is 184 Å². The highest BCUT2D eigenvalue weighted by molar-refractivity contribution is 7.25. The minimum atomic E-state index is -0.0523. The van der Waals surface area contributed by atoms with Gasteiger partial charge in [0.25, 0.3) is 0 Å². The third-order valence-corrected chi connectivity index (χ3v) is 28.2. The van der Waals surface area contributed by atoms with Crippen LogP contribution in [0, 0.1) is 0 Å². The van der Waals surface area contributed by atoms with Crippen LogP contribution in [0.25, 0.3) is 239 Å². The van der Waals surface area contributed by atoms with Crippen LogP contribution in [0.1, 0.15) is 25.0 Å². The minimum absolute atomic E-state index is 0.0523. The summed E-state index contributed by atoms with van der Waals surface area (Å²) in [5.41, 5.74) is 26.3. The van der Waals surface area contributed by atoms with Crippen molar-refractivity contribution in [2.24, 2.45) is 0 Å². The Labute approximate surface area is 738 Å². The maximum Gasteiger partial charge on any atom is 0.0596 e. The fraction of sp³-hybridized carbons (Fsp3) is 0.0256. The minimum Gasteiger partial charge on any atom is -0.309 e. The summed E-state index contributed by atoms with van der Waals surface area (Å²) in [5.74, 6) is 0. The Bertz CT molecular complexity index is 9350. The van der Waals surface area contributed by atoms with Gasteiger partial charge in [0.05, 0.1) is 98.4 Å². The van der Waals surface area contributed by atoms with Crippen molar-refractivity contribution in [1.29, 1.82) is 0 Å². The molecule has 0 saturated carbocycles. The van der Waals surface area contributed by atoms with Crippen molar-refractivity contribution < 1.29 is 0 Å². The van der Waals surface area contributed by atoms with E-state index in [2.05, 4.69) is 439 Å². The molecule has 19 aromatic carbocycles. The molecule has 28 rings (SSSR count). The smallest absolute Gasteiger partial charge is 0.0596 e. The average molecular weight is 1650 g/mol. The number of fused-ring (bicyclic) bond motifs is 24. The summed E-state index contributed by atoms with van der Waals surface area (Å²) in [6, 6.07) is 137. The predicted molar refractivity (Wildman–Crippen MR) is 535 cm³/mol. The normalized spacial score (nSPS) is 12.5. The summed E-state index contributed by atoms with van der Waals surface area (Å²) in [5, 5.41) is 52.7. The second-order valence-corrected chi connectivity index (χ2v) is 35.3. The van der Waals surface area contributed by atoms with Crippen molar-refractivity contribution >= 4 is 183 Å². The fourth-order valence-electron chi connectivity index (χ4n) is 21.1. The molecule has 0 amide bonds. The van der Waals surface area contributed by atoms with E-state index in [0.717, 1.165) is 66.2 Å². The lowest BCUT2D eigenvalue weighted by molar-refractivity contribution is 0.660. The van der Waals surface area contributed by atoms with E-state index < -0.39 is 0 Å². The molecule has 0 aliphatic heterocycles. The molecule has 10 nitrogen and oxygen atoms in total. The molecular formula is C117H74N10S. The first kappa shape index (κ1) is 73.0. The molecular weight excluding hydrogens is 1580 g/mol. The molecule has 0 atom stereocenters. The monoisotopic (exact) mass is 1650 g/mol. The van der Waals surface area contributed by atoms with Crippen LogP contribution in [-0.4, -0.2) is 48.9 Å². The molecule has 0 saturated heterocycles. The molecule has 11 heteroatoms. The van der Waals surface area contributed by atoms with Gasteiger partial charge in [0.2, 0.25) is 0 Å². The second-order valence-electron chi connectivity index (χ2n) is 34.2. The number of aromatic nitrogens is 10. The van der Waals surface area contributed by atoms with Gasteiger partial charge < -0.3 is 18.3 Å². The lowest BCUT2D eigenvalue weighted by atomic mass is 9.81. The van der Waals surface area contributed by atoms with E-state index in [4.69, 9.17) is 0 Å². The third kappa shape index (κ3) is 11.3. The summed E-state index contributed by atoms with van der Waals surface area (Å²) < 4.78 is 12.2. The summed E-state index contributed by atoms with van der Waals surface area (Å²) >= 11 is 1.85. The van der Waals surface area contributed by atoms with Crippen molar-refractivity contribution in [1.82, 2.24) is 48.9 Å². The topological polar surface area (TPSA) is 97.1 Å². The Morgan fingerprint density at radius 2 is 0.516 bits per heavy atom. The number of hydrogen-bond donors (Lipinski definition) is 0. The van der Waals surface area contributed by atoms with Gasteiger partial charge in [0.15, 0.2) is 0 Å². The number of thiophene rings is 1. The zero-order chi connectivity index (χ0) is 84.4. The van der Waals surface area contributed by atoms with Crippen LogP contribution < -0.4 is 0 Å². The molecule has 0 N–H and O–H groups in total. The summed E-state index contributed by atoms with van der Waals surface area (Å²) in [7, 11) is 0. The number of nitrogens with zero attached hydrogens (tertiary/aromatic N) is 10. The van der Waals surface area contributed by atoms with Crippen LogP contribution in [-0.2, 0) is 5.41 Å². The second kappa shape index (κ2) is 28.7. The maximum absolute atomic E-state index is 4.39. The van der Waals surface area contributed by atoms with Gasteiger partial charge in [0.1, 0.15) is 0 Å². The van der Waals surface area contributed by atoms with Gasteiger partial charge >= 0.3 is 0 Å². The number of rotatable bonds is 7. The Morgan fingerprint density at radius 3 is 0.992 bits per heavy atom. The molecule has 1 aliphatic rings. The Balaban J connectivity index is 0.000000102. The van der Waals surface area contributed by atoms with E-state index in [1.807, 2.05) is 48.5 Å². The quantitative estimate of drug-likeness (QED) is 0.158. The first-order valence-electron chi connectivity index (χ1n) is 43.5. The molecule has 0 radical (unpaired) electrons. The molecule has 0 fully saturated rings. The Kier molecular flexibility index (Phi) is 16.4. The predicted octanol–water partition coefficient (Wildman–Crippen LogP) is 30.4. The number of para-hydroxylation sites is 5. The van der Waals surface area contributed by atoms with Gasteiger partial charge in [-0.05, 0) is 203 Å². The highest BCUT2D eigenvalue weighted by Gasteiger charge is 2.36.